The highest BCUT2D eigenvalue weighted by atomic mass is 16.5. The smallest absolute Gasteiger partial charge is 0.275 e. The van der Waals surface area contributed by atoms with E-state index in [1.165, 1.54) is 18.8 Å². The van der Waals surface area contributed by atoms with Gasteiger partial charge in [-0.25, -0.2) is 0 Å². The van der Waals surface area contributed by atoms with Crippen molar-refractivity contribution in [3.05, 3.63) is 70.0 Å². The number of benzene rings is 1. The molecule has 3 heterocycles. The monoisotopic (exact) mass is 478 g/mol. The lowest BCUT2D eigenvalue weighted by molar-refractivity contribution is 0.0784. The van der Waals surface area contributed by atoms with Gasteiger partial charge in [0, 0.05) is 37.8 Å². The number of pyridine rings is 1. The quantitative estimate of drug-likeness (QED) is 0.529. The summed E-state index contributed by atoms with van der Waals surface area (Å²) in [6, 6.07) is 9.04. The number of aryl methyl sites for hydroxylation is 1. The van der Waals surface area contributed by atoms with E-state index in [0.29, 0.717) is 42.5 Å². The van der Waals surface area contributed by atoms with Gasteiger partial charge in [-0.15, -0.1) is 0 Å². The lowest BCUT2D eigenvalue weighted by atomic mass is 10.00. The first kappa shape index (κ1) is 24.3. The van der Waals surface area contributed by atoms with E-state index in [1.807, 2.05) is 19.1 Å². The highest BCUT2D eigenvalue weighted by Gasteiger charge is 2.33. The largest absolute Gasteiger partial charge is 0.494 e. The minimum absolute atomic E-state index is 0.136. The van der Waals surface area contributed by atoms with E-state index in [2.05, 4.69) is 9.97 Å². The fraction of sp³-hybridized carbons (Fsp3) is 0.385. The van der Waals surface area contributed by atoms with Crippen LogP contribution in [0.15, 0.2) is 47.5 Å². The Bertz CT molecular complexity index is 1240. The molecule has 1 amide bonds. The van der Waals surface area contributed by atoms with Gasteiger partial charge in [-0.05, 0) is 42.7 Å². The Labute approximate surface area is 204 Å². The minimum atomic E-state index is -0.649. The number of carbonyl (C=O) groups is 1. The molecule has 9 heteroatoms. The summed E-state index contributed by atoms with van der Waals surface area (Å²) in [5.41, 5.74) is 0.437. The lowest BCUT2D eigenvalue weighted by Crippen LogP contribution is -2.37. The number of likely N-dealkylation sites (tertiary alicyclic amines) is 1. The topological polar surface area (TPSA) is 107 Å². The number of nitrogens with zero attached hydrogens (tertiary/aromatic N) is 4. The molecule has 2 aromatic heterocycles. The number of carbonyl (C=O) groups excluding carboxylic acids is 1. The molecule has 1 aliphatic heterocycles. The van der Waals surface area contributed by atoms with Crippen molar-refractivity contribution >= 4 is 5.91 Å². The van der Waals surface area contributed by atoms with Crippen LogP contribution in [0.1, 0.15) is 53.8 Å². The van der Waals surface area contributed by atoms with Crippen molar-refractivity contribution in [3.63, 3.8) is 0 Å². The Kier molecular flexibility index (Phi) is 7.33. The second-order valence-electron chi connectivity index (χ2n) is 8.50. The van der Waals surface area contributed by atoms with Gasteiger partial charge in [-0.3, -0.25) is 19.1 Å². The van der Waals surface area contributed by atoms with Crippen LogP contribution >= 0.6 is 0 Å². The van der Waals surface area contributed by atoms with Crippen molar-refractivity contribution in [2.24, 2.45) is 0 Å². The predicted molar refractivity (Wildman–Crippen MR) is 131 cm³/mol. The van der Waals surface area contributed by atoms with Gasteiger partial charge in [0.25, 0.3) is 11.5 Å². The van der Waals surface area contributed by atoms with Gasteiger partial charge in [0.1, 0.15) is 23.0 Å². The maximum Gasteiger partial charge on any atom is 0.275 e. The zero-order valence-electron chi connectivity index (χ0n) is 20.2. The number of unbranched alkanes of at least 4 members (excludes halogenated alkanes) is 1. The van der Waals surface area contributed by atoms with Gasteiger partial charge in [0.2, 0.25) is 5.88 Å². The van der Waals surface area contributed by atoms with E-state index in [9.17, 15) is 14.7 Å². The van der Waals surface area contributed by atoms with E-state index in [0.717, 1.165) is 24.8 Å². The zero-order valence-corrected chi connectivity index (χ0v) is 20.2. The number of rotatable bonds is 8. The number of aromatic hydroxyl groups is 1. The van der Waals surface area contributed by atoms with Crippen molar-refractivity contribution in [1.82, 2.24) is 19.4 Å². The van der Waals surface area contributed by atoms with Gasteiger partial charge in [-0.2, -0.15) is 4.98 Å². The van der Waals surface area contributed by atoms with Crippen LogP contribution in [0.3, 0.4) is 0 Å². The third-order valence-corrected chi connectivity index (χ3v) is 6.38. The van der Waals surface area contributed by atoms with E-state index < -0.39 is 17.3 Å². The van der Waals surface area contributed by atoms with Crippen LogP contribution in [-0.2, 0) is 6.42 Å². The van der Waals surface area contributed by atoms with Crippen molar-refractivity contribution < 1.29 is 19.4 Å². The maximum atomic E-state index is 13.9. The van der Waals surface area contributed by atoms with Crippen molar-refractivity contribution in [3.8, 4) is 23.1 Å². The number of hydrogen-bond donors (Lipinski definition) is 1. The van der Waals surface area contributed by atoms with Gasteiger partial charge in [0.05, 0.1) is 14.2 Å². The molecule has 1 atom stereocenters. The summed E-state index contributed by atoms with van der Waals surface area (Å²) in [5, 5.41) is 10.8. The fourth-order valence-corrected chi connectivity index (χ4v) is 4.54. The number of aromatic nitrogens is 3. The van der Waals surface area contributed by atoms with Crippen molar-refractivity contribution in [2.45, 2.75) is 38.5 Å². The van der Waals surface area contributed by atoms with E-state index in [-0.39, 0.29) is 11.5 Å². The Morgan fingerprint density at radius 1 is 1.14 bits per heavy atom. The summed E-state index contributed by atoms with van der Waals surface area (Å²) in [4.78, 5) is 37.3. The molecule has 1 N–H and O–H groups in total. The summed E-state index contributed by atoms with van der Waals surface area (Å²) in [6.07, 6.45) is 6.25. The van der Waals surface area contributed by atoms with Crippen LogP contribution < -0.4 is 15.0 Å². The lowest BCUT2D eigenvalue weighted by Gasteiger charge is -2.21. The molecule has 0 spiro atoms. The highest BCUT2D eigenvalue weighted by molar-refractivity contribution is 5.96. The van der Waals surface area contributed by atoms with E-state index >= 15 is 0 Å². The van der Waals surface area contributed by atoms with Gasteiger partial charge < -0.3 is 19.5 Å². The molecule has 0 radical (unpaired) electrons. The van der Waals surface area contributed by atoms with E-state index in [1.54, 1.807) is 35.5 Å². The number of methoxy groups -OCH3 is 2. The first-order valence-corrected chi connectivity index (χ1v) is 11.8. The predicted octanol–water partition coefficient (Wildman–Crippen LogP) is 3.32. The summed E-state index contributed by atoms with van der Waals surface area (Å²) >= 11 is 0. The van der Waals surface area contributed by atoms with Crippen LogP contribution in [0, 0.1) is 0 Å². The molecule has 1 saturated heterocycles. The van der Waals surface area contributed by atoms with Crippen LogP contribution in [0.5, 0.6) is 17.4 Å². The van der Waals surface area contributed by atoms with Crippen LogP contribution in [0.2, 0.25) is 0 Å². The number of para-hydroxylation sites is 1. The molecular formula is C26H30N4O5. The molecule has 3 aromatic rings. The number of hydrogen-bond acceptors (Lipinski definition) is 7. The zero-order chi connectivity index (χ0) is 24.9. The summed E-state index contributed by atoms with van der Waals surface area (Å²) in [5.74, 6) is 0.176. The third-order valence-electron chi connectivity index (χ3n) is 6.38. The van der Waals surface area contributed by atoms with Crippen LogP contribution in [-0.4, -0.2) is 57.8 Å². The Morgan fingerprint density at radius 2 is 1.83 bits per heavy atom. The molecule has 0 bridgehead atoms. The molecule has 0 aliphatic carbocycles. The van der Waals surface area contributed by atoms with Gasteiger partial charge in [0.15, 0.2) is 5.56 Å². The SMILES string of the molecule is CCCCc1nc(O)c(C(=O)N2CCC(c3ccncc3)C2)c(=O)n1-c1c(OC)cccc1OC. The Morgan fingerprint density at radius 3 is 2.46 bits per heavy atom. The Hall–Kier alpha value is -3.88. The van der Waals surface area contributed by atoms with Gasteiger partial charge in [-0.1, -0.05) is 19.4 Å². The molecule has 184 valence electrons. The van der Waals surface area contributed by atoms with Gasteiger partial charge >= 0.3 is 0 Å². The summed E-state index contributed by atoms with van der Waals surface area (Å²) in [7, 11) is 3.00. The molecule has 0 saturated carbocycles. The normalized spacial score (nSPS) is 15.3. The highest BCUT2D eigenvalue weighted by Crippen LogP contribution is 2.34. The number of amides is 1. The van der Waals surface area contributed by atoms with Crippen molar-refractivity contribution in [1.29, 1.82) is 0 Å². The molecule has 1 unspecified atom stereocenters. The molecular weight excluding hydrogens is 448 g/mol. The number of ether oxygens (including phenoxy) is 2. The third kappa shape index (κ3) is 4.71. The molecule has 4 rings (SSSR count). The minimum Gasteiger partial charge on any atom is -0.494 e. The molecule has 9 nitrogen and oxygen atoms in total. The summed E-state index contributed by atoms with van der Waals surface area (Å²) < 4.78 is 12.4. The average molecular weight is 479 g/mol. The van der Waals surface area contributed by atoms with E-state index in [4.69, 9.17) is 9.47 Å². The Balaban J connectivity index is 1.80. The average Bonchev–Trinajstić information content (AvgIpc) is 3.38. The second kappa shape index (κ2) is 10.6. The molecule has 1 aliphatic rings. The first-order chi connectivity index (χ1) is 17.0. The molecule has 35 heavy (non-hydrogen) atoms. The van der Waals surface area contributed by atoms with Crippen molar-refractivity contribution in [2.75, 3.05) is 27.3 Å². The fourth-order valence-electron chi connectivity index (χ4n) is 4.54. The summed E-state index contributed by atoms with van der Waals surface area (Å²) in [6.45, 7) is 2.94. The second-order valence-corrected chi connectivity index (χ2v) is 8.50. The standard InChI is InChI=1S/C26H30N4O5/c1-4-5-9-21-28-24(31)22(25(32)29-15-12-18(16-29)17-10-13-27-14-11-17)26(33)30(21)23-19(34-2)7-6-8-20(23)35-3/h6-8,10-11,13-14,18,31H,4-5,9,12,15-16H2,1-3H3. The maximum absolute atomic E-state index is 13.9. The van der Waals surface area contributed by atoms with Crippen LogP contribution in [0.4, 0.5) is 0 Å². The molecule has 1 aromatic carbocycles. The van der Waals surface area contributed by atoms with Crippen LogP contribution in [0.25, 0.3) is 5.69 Å². The molecule has 1 fully saturated rings. The first-order valence-electron chi connectivity index (χ1n) is 11.8.